The first-order valence-electron chi connectivity index (χ1n) is 5.69. The summed E-state index contributed by atoms with van der Waals surface area (Å²) < 4.78 is 0. The molecule has 18 heavy (non-hydrogen) atoms. The molecule has 0 aliphatic carbocycles. The molecule has 1 amide bonds. The summed E-state index contributed by atoms with van der Waals surface area (Å²) in [6.07, 6.45) is 3.42. The number of rotatable bonds is 4. The molecule has 4 nitrogen and oxygen atoms in total. The highest BCUT2D eigenvalue weighted by Crippen LogP contribution is 2.20. The number of hydrogen-bond acceptors (Lipinski definition) is 3. The summed E-state index contributed by atoms with van der Waals surface area (Å²) in [6, 6.07) is 7.74. The molecule has 1 heterocycles. The fourth-order valence-electron chi connectivity index (χ4n) is 1.42. The number of H-pyrrole nitrogens is 1. The van der Waals surface area contributed by atoms with E-state index in [9.17, 15) is 4.79 Å². The van der Waals surface area contributed by atoms with Crippen molar-refractivity contribution in [2.24, 2.45) is 0 Å². The first-order valence-corrected chi connectivity index (χ1v) is 6.56. The van der Waals surface area contributed by atoms with Gasteiger partial charge in [0.15, 0.2) is 5.16 Å². The summed E-state index contributed by atoms with van der Waals surface area (Å²) in [5.41, 5.74) is 1.99. The molecule has 94 valence electrons. The molecule has 0 aliphatic rings. The maximum atomic E-state index is 11.9. The normalized spacial score (nSPS) is 12.1. The third-order valence-corrected chi connectivity index (χ3v) is 3.46. The van der Waals surface area contributed by atoms with Crippen molar-refractivity contribution in [2.75, 3.05) is 5.32 Å². The van der Waals surface area contributed by atoms with Gasteiger partial charge in [0.05, 0.1) is 5.25 Å². The predicted octanol–water partition coefficient (Wildman–Crippen LogP) is 2.84. The highest BCUT2D eigenvalue weighted by atomic mass is 32.2. The number of nitrogens with zero attached hydrogens (tertiary/aromatic N) is 1. The number of carbonyl (C=O) groups is 1. The molecule has 1 aromatic carbocycles. The molecular formula is C13H15N3OS. The molecule has 0 fully saturated rings. The van der Waals surface area contributed by atoms with Crippen molar-refractivity contribution >= 4 is 23.4 Å². The van der Waals surface area contributed by atoms with Gasteiger partial charge < -0.3 is 10.3 Å². The Labute approximate surface area is 110 Å². The molecule has 0 radical (unpaired) electrons. The Hall–Kier alpha value is -1.75. The summed E-state index contributed by atoms with van der Waals surface area (Å²) in [6.45, 7) is 3.87. The minimum absolute atomic E-state index is 0.0275. The molecule has 0 saturated carbocycles. The summed E-state index contributed by atoms with van der Waals surface area (Å²) in [7, 11) is 0. The number of hydrogen-bond donors (Lipinski definition) is 2. The van der Waals surface area contributed by atoms with Gasteiger partial charge in [-0.05, 0) is 26.0 Å². The lowest BCUT2D eigenvalue weighted by Crippen LogP contribution is -2.22. The van der Waals surface area contributed by atoms with Crippen molar-refractivity contribution in [2.45, 2.75) is 24.3 Å². The van der Waals surface area contributed by atoms with Crippen molar-refractivity contribution in [3.8, 4) is 0 Å². The molecule has 2 aromatic rings. The van der Waals surface area contributed by atoms with Gasteiger partial charge >= 0.3 is 0 Å². The lowest BCUT2D eigenvalue weighted by Gasteiger charge is -2.10. The minimum atomic E-state index is -0.197. The number of thioether (sulfide) groups is 1. The van der Waals surface area contributed by atoms with Crippen LogP contribution in [-0.4, -0.2) is 21.1 Å². The number of amides is 1. The van der Waals surface area contributed by atoms with Gasteiger partial charge in [-0.2, -0.15) is 0 Å². The van der Waals surface area contributed by atoms with E-state index in [1.807, 2.05) is 38.1 Å². The minimum Gasteiger partial charge on any atom is -0.340 e. The highest BCUT2D eigenvalue weighted by Gasteiger charge is 2.15. The Morgan fingerprint density at radius 1 is 1.39 bits per heavy atom. The topological polar surface area (TPSA) is 57.8 Å². The largest absolute Gasteiger partial charge is 0.340 e. The van der Waals surface area contributed by atoms with Crippen molar-refractivity contribution in [1.82, 2.24) is 9.97 Å². The van der Waals surface area contributed by atoms with Crippen molar-refractivity contribution in [3.63, 3.8) is 0 Å². The summed E-state index contributed by atoms with van der Waals surface area (Å²) in [5, 5.41) is 3.43. The zero-order chi connectivity index (χ0) is 13.0. The van der Waals surface area contributed by atoms with Crippen LogP contribution in [0, 0.1) is 6.92 Å². The van der Waals surface area contributed by atoms with E-state index >= 15 is 0 Å². The summed E-state index contributed by atoms with van der Waals surface area (Å²) in [4.78, 5) is 19.0. The van der Waals surface area contributed by atoms with Gasteiger partial charge in [0.2, 0.25) is 5.91 Å². The smallest absolute Gasteiger partial charge is 0.237 e. The number of imidazole rings is 1. The van der Waals surface area contributed by atoms with Crippen LogP contribution in [0.5, 0.6) is 0 Å². The number of benzene rings is 1. The van der Waals surface area contributed by atoms with Gasteiger partial charge in [-0.15, -0.1) is 0 Å². The second-order valence-corrected chi connectivity index (χ2v) is 5.34. The standard InChI is InChI=1S/C13H15N3OS/c1-9-3-5-11(6-4-9)16-12(17)10(2)18-13-14-7-8-15-13/h3-8,10H,1-2H3,(H,14,15)(H,16,17). The van der Waals surface area contributed by atoms with Crippen LogP contribution >= 0.6 is 11.8 Å². The number of aryl methyl sites for hydroxylation is 1. The van der Waals surface area contributed by atoms with Crippen LogP contribution in [0.25, 0.3) is 0 Å². The van der Waals surface area contributed by atoms with Gasteiger partial charge in [0.25, 0.3) is 0 Å². The van der Waals surface area contributed by atoms with Crippen LogP contribution in [0.2, 0.25) is 0 Å². The van der Waals surface area contributed by atoms with Gasteiger partial charge in [-0.1, -0.05) is 29.5 Å². The zero-order valence-corrected chi connectivity index (χ0v) is 11.1. The highest BCUT2D eigenvalue weighted by molar-refractivity contribution is 8.00. The average Bonchev–Trinajstić information content (AvgIpc) is 2.85. The molecule has 2 N–H and O–H groups in total. The lowest BCUT2D eigenvalue weighted by atomic mass is 10.2. The van der Waals surface area contributed by atoms with Gasteiger partial charge in [0, 0.05) is 18.1 Å². The molecule has 1 atom stereocenters. The van der Waals surface area contributed by atoms with Crippen LogP contribution in [0.3, 0.4) is 0 Å². The number of carbonyl (C=O) groups excluding carboxylic acids is 1. The Bertz CT molecular complexity index is 508. The molecule has 0 spiro atoms. The van der Waals surface area contributed by atoms with E-state index in [0.717, 1.165) is 10.8 Å². The van der Waals surface area contributed by atoms with E-state index < -0.39 is 0 Å². The van der Waals surface area contributed by atoms with Crippen molar-refractivity contribution < 1.29 is 4.79 Å². The fourth-order valence-corrected chi connectivity index (χ4v) is 2.18. The Balaban J connectivity index is 1.93. The van der Waals surface area contributed by atoms with E-state index in [4.69, 9.17) is 0 Å². The summed E-state index contributed by atoms with van der Waals surface area (Å²) in [5.74, 6) is -0.0275. The van der Waals surface area contributed by atoms with Crippen molar-refractivity contribution in [3.05, 3.63) is 42.2 Å². The second-order valence-electron chi connectivity index (χ2n) is 4.01. The Kier molecular flexibility index (Phi) is 4.04. The molecule has 0 aliphatic heterocycles. The van der Waals surface area contributed by atoms with E-state index in [2.05, 4.69) is 15.3 Å². The second kappa shape index (κ2) is 5.73. The Morgan fingerprint density at radius 2 is 2.11 bits per heavy atom. The quantitative estimate of drug-likeness (QED) is 0.832. The molecule has 2 rings (SSSR count). The van der Waals surface area contributed by atoms with Crippen LogP contribution < -0.4 is 5.32 Å². The third kappa shape index (κ3) is 3.37. The molecule has 0 saturated heterocycles. The SMILES string of the molecule is Cc1ccc(NC(=O)C(C)Sc2ncc[nH]2)cc1. The van der Waals surface area contributed by atoms with Gasteiger partial charge in [-0.3, -0.25) is 4.79 Å². The fraction of sp³-hybridized carbons (Fsp3) is 0.231. The number of aromatic nitrogens is 2. The molecule has 5 heteroatoms. The molecular weight excluding hydrogens is 246 g/mol. The third-order valence-electron chi connectivity index (χ3n) is 2.45. The van der Waals surface area contributed by atoms with Crippen LogP contribution in [0.4, 0.5) is 5.69 Å². The molecule has 1 unspecified atom stereocenters. The van der Waals surface area contributed by atoms with Crippen molar-refractivity contribution in [1.29, 1.82) is 0 Å². The summed E-state index contributed by atoms with van der Waals surface area (Å²) >= 11 is 1.40. The molecule has 1 aromatic heterocycles. The average molecular weight is 261 g/mol. The zero-order valence-electron chi connectivity index (χ0n) is 10.3. The first kappa shape index (κ1) is 12.7. The maximum Gasteiger partial charge on any atom is 0.237 e. The molecule has 0 bridgehead atoms. The van der Waals surface area contributed by atoms with Gasteiger partial charge in [-0.25, -0.2) is 4.98 Å². The number of nitrogens with one attached hydrogen (secondary N) is 2. The van der Waals surface area contributed by atoms with E-state index in [1.54, 1.807) is 12.4 Å². The lowest BCUT2D eigenvalue weighted by molar-refractivity contribution is -0.115. The van der Waals surface area contributed by atoms with Crippen LogP contribution in [-0.2, 0) is 4.79 Å². The van der Waals surface area contributed by atoms with Crippen LogP contribution in [0.15, 0.2) is 41.8 Å². The van der Waals surface area contributed by atoms with Gasteiger partial charge in [0.1, 0.15) is 0 Å². The Morgan fingerprint density at radius 3 is 2.72 bits per heavy atom. The number of aromatic amines is 1. The van der Waals surface area contributed by atoms with E-state index in [-0.39, 0.29) is 11.2 Å². The predicted molar refractivity (Wildman–Crippen MR) is 73.7 cm³/mol. The monoisotopic (exact) mass is 261 g/mol. The maximum absolute atomic E-state index is 11.9. The first-order chi connectivity index (χ1) is 8.65. The van der Waals surface area contributed by atoms with Crippen LogP contribution in [0.1, 0.15) is 12.5 Å². The number of anilines is 1. The van der Waals surface area contributed by atoms with E-state index in [0.29, 0.717) is 0 Å². The van der Waals surface area contributed by atoms with E-state index in [1.165, 1.54) is 17.3 Å².